The van der Waals surface area contributed by atoms with Gasteiger partial charge >= 0.3 is 11.9 Å². The Morgan fingerprint density at radius 1 is 1.18 bits per heavy atom. The number of hydrogen-bond donors (Lipinski definition) is 2. The van der Waals surface area contributed by atoms with Gasteiger partial charge in [-0.15, -0.1) is 0 Å². The van der Waals surface area contributed by atoms with Gasteiger partial charge in [0.05, 0.1) is 0 Å². The molecule has 2 atom stereocenters. The second-order valence-electron chi connectivity index (χ2n) is 3.88. The summed E-state index contributed by atoms with van der Waals surface area (Å²) in [4.78, 5) is 22.8. The zero-order valence-electron chi connectivity index (χ0n) is 10.5. The molecular formula is C11H22N2O3S. The standard InChI is InChI=1S/C11H22N2O3S/c1-3-4-5-8(12)10(14)16-11(15)9(13)6-7-17-2/h8-9H,3-7,12-13H2,1-2H3/t8-,9-/m0/s1. The number of unbranched alkanes of at least 4 members (excludes halogenated alkanes) is 1. The average Bonchev–Trinajstić information content (AvgIpc) is 2.32. The Labute approximate surface area is 107 Å². The Morgan fingerprint density at radius 3 is 2.18 bits per heavy atom. The molecule has 0 amide bonds. The van der Waals surface area contributed by atoms with E-state index in [0.717, 1.165) is 18.6 Å². The van der Waals surface area contributed by atoms with E-state index in [1.54, 1.807) is 11.8 Å². The van der Waals surface area contributed by atoms with Gasteiger partial charge in [0.25, 0.3) is 0 Å². The highest BCUT2D eigenvalue weighted by Gasteiger charge is 2.22. The molecule has 100 valence electrons. The van der Waals surface area contributed by atoms with Crippen molar-refractivity contribution in [1.82, 2.24) is 0 Å². The largest absolute Gasteiger partial charge is 0.391 e. The van der Waals surface area contributed by atoms with Crippen LogP contribution in [0.5, 0.6) is 0 Å². The van der Waals surface area contributed by atoms with E-state index in [4.69, 9.17) is 11.5 Å². The molecule has 0 unspecified atom stereocenters. The summed E-state index contributed by atoms with van der Waals surface area (Å²) in [6.07, 6.45) is 4.73. The van der Waals surface area contributed by atoms with E-state index in [9.17, 15) is 9.59 Å². The molecule has 0 aliphatic rings. The van der Waals surface area contributed by atoms with E-state index < -0.39 is 24.0 Å². The second-order valence-corrected chi connectivity index (χ2v) is 4.86. The van der Waals surface area contributed by atoms with Crippen LogP contribution in [-0.2, 0) is 14.3 Å². The molecule has 5 nitrogen and oxygen atoms in total. The Balaban J connectivity index is 3.97. The van der Waals surface area contributed by atoms with Crippen LogP contribution in [0.15, 0.2) is 0 Å². The minimum atomic E-state index is -0.746. The molecule has 0 heterocycles. The summed E-state index contributed by atoms with van der Waals surface area (Å²) in [7, 11) is 0. The fraction of sp³-hybridized carbons (Fsp3) is 0.818. The predicted octanol–water partition coefficient (Wildman–Crippen LogP) is 0.654. The van der Waals surface area contributed by atoms with Gasteiger partial charge in [0.15, 0.2) is 0 Å². The van der Waals surface area contributed by atoms with Crippen molar-refractivity contribution in [1.29, 1.82) is 0 Å². The highest BCUT2D eigenvalue weighted by molar-refractivity contribution is 7.98. The lowest BCUT2D eigenvalue weighted by Crippen LogP contribution is -2.39. The first-order valence-electron chi connectivity index (χ1n) is 5.78. The summed E-state index contributed by atoms with van der Waals surface area (Å²) in [5.74, 6) is -0.606. The van der Waals surface area contributed by atoms with Crippen molar-refractivity contribution in [3.63, 3.8) is 0 Å². The van der Waals surface area contributed by atoms with E-state index in [2.05, 4.69) is 4.74 Å². The maximum absolute atomic E-state index is 11.4. The first-order valence-corrected chi connectivity index (χ1v) is 7.17. The van der Waals surface area contributed by atoms with Crippen LogP contribution in [0.25, 0.3) is 0 Å². The normalized spacial score (nSPS) is 14.1. The highest BCUT2D eigenvalue weighted by atomic mass is 32.2. The van der Waals surface area contributed by atoms with Crippen LogP contribution >= 0.6 is 11.8 Å². The van der Waals surface area contributed by atoms with Gasteiger partial charge in [0.1, 0.15) is 12.1 Å². The van der Waals surface area contributed by atoms with E-state index in [-0.39, 0.29) is 0 Å². The summed E-state index contributed by atoms with van der Waals surface area (Å²) < 4.78 is 4.63. The number of carbonyl (C=O) groups is 2. The summed E-state index contributed by atoms with van der Waals surface area (Å²) in [5, 5.41) is 0. The number of ether oxygens (including phenoxy) is 1. The summed E-state index contributed by atoms with van der Waals surface area (Å²) in [6.45, 7) is 2.00. The Morgan fingerprint density at radius 2 is 1.71 bits per heavy atom. The smallest absolute Gasteiger partial charge is 0.330 e. The number of esters is 2. The van der Waals surface area contributed by atoms with E-state index in [1.807, 2.05) is 13.2 Å². The Kier molecular flexibility index (Phi) is 9.11. The molecule has 0 aromatic rings. The molecule has 0 spiro atoms. The van der Waals surface area contributed by atoms with Gasteiger partial charge in [-0.3, -0.25) is 0 Å². The average molecular weight is 262 g/mol. The summed E-state index contributed by atoms with van der Waals surface area (Å²) in [5.41, 5.74) is 11.2. The van der Waals surface area contributed by atoms with E-state index >= 15 is 0 Å². The molecule has 17 heavy (non-hydrogen) atoms. The number of nitrogens with two attached hydrogens (primary N) is 2. The molecule has 6 heteroatoms. The van der Waals surface area contributed by atoms with Gasteiger partial charge in [-0.2, -0.15) is 11.8 Å². The first kappa shape index (κ1) is 16.4. The zero-order valence-corrected chi connectivity index (χ0v) is 11.3. The predicted molar refractivity (Wildman–Crippen MR) is 69.6 cm³/mol. The first-order chi connectivity index (χ1) is 8.02. The topological polar surface area (TPSA) is 95.4 Å². The number of thioether (sulfide) groups is 1. The fourth-order valence-electron chi connectivity index (χ4n) is 1.16. The third kappa shape index (κ3) is 7.36. The van der Waals surface area contributed by atoms with Crippen LogP contribution < -0.4 is 11.5 Å². The van der Waals surface area contributed by atoms with Gasteiger partial charge in [-0.05, 0) is 24.9 Å². The van der Waals surface area contributed by atoms with Crippen LogP contribution in [0.3, 0.4) is 0 Å². The molecule has 0 radical (unpaired) electrons. The van der Waals surface area contributed by atoms with Crippen molar-refractivity contribution >= 4 is 23.7 Å². The van der Waals surface area contributed by atoms with Gasteiger partial charge in [0, 0.05) is 0 Å². The van der Waals surface area contributed by atoms with Crippen molar-refractivity contribution in [2.45, 2.75) is 44.7 Å². The summed E-state index contributed by atoms with van der Waals surface area (Å²) >= 11 is 1.59. The van der Waals surface area contributed by atoms with Crippen molar-refractivity contribution in [2.75, 3.05) is 12.0 Å². The van der Waals surface area contributed by atoms with Crippen molar-refractivity contribution in [2.24, 2.45) is 11.5 Å². The Hall–Kier alpha value is -0.590. The monoisotopic (exact) mass is 262 g/mol. The fourth-order valence-corrected chi connectivity index (χ4v) is 1.64. The van der Waals surface area contributed by atoms with Crippen LogP contribution in [-0.4, -0.2) is 36.0 Å². The van der Waals surface area contributed by atoms with Crippen LogP contribution in [0.4, 0.5) is 0 Å². The molecule has 0 saturated heterocycles. The molecular weight excluding hydrogens is 240 g/mol. The maximum atomic E-state index is 11.4. The highest BCUT2D eigenvalue weighted by Crippen LogP contribution is 2.03. The number of rotatable bonds is 8. The quantitative estimate of drug-likeness (QED) is 0.492. The molecule has 0 saturated carbocycles. The van der Waals surface area contributed by atoms with Gasteiger partial charge < -0.3 is 16.2 Å². The molecule has 4 N–H and O–H groups in total. The third-order valence-electron chi connectivity index (χ3n) is 2.31. The molecule has 0 bridgehead atoms. The summed E-state index contributed by atoms with van der Waals surface area (Å²) in [6, 6.07) is -1.48. The molecule has 0 rings (SSSR count). The lowest BCUT2D eigenvalue weighted by atomic mass is 10.1. The van der Waals surface area contributed by atoms with Crippen molar-refractivity contribution < 1.29 is 14.3 Å². The molecule has 0 aliphatic heterocycles. The van der Waals surface area contributed by atoms with Crippen LogP contribution in [0, 0.1) is 0 Å². The lowest BCUT2D eigenvalue weighted by molar-refractivity contribution is -0.161. The van der Waals surface area contributed by atoms with E-state index in [1.165, 1.54) is 0 Å². The van der Waals surface area contributed by atoms with Gasteiger partial charge in [-0.1, -0.05) is 19.8 Å². The number of carbonyl (C=O) groups excluding carboxylic acids is 2. The lowest BCUT2D eigenvalue weighted by Gasteiger charge is -2.12. The minimum absolute atomic E-state index is 0.497. The Bertz CT molecular complexity index is 225. The van der Waals surface area contributed by atoms with Crippen molar-refractivity contribution in [3.8, 4) is 0 Å². The minimum Gasteiger partial charge on any atom is -0.391 e. The van der Waals surface area contributed by atoms with Crippen molar-refractivity contribution in [3.05, 3.63) is 0 Å². The molecule has 0 aliphatic carbocycles. The number of hydrogen-bond acceptors (Lipinski definition) is 6. The van der Waals surface area contributed by atoms with Crippen LogP contribution in [0.2, 0.25) is 0 Å². The van der Waals surface area contributed by atoms with Crippen LogP contribution in [0.1, 0.15) is 32.6 Å². The molecule has 0 fully saturated rings. The SMILES string of the molecule is CCCC[C@H](N)C(=O)OC(=O)[C@@H](N)CCSC. The molecule has 0 aromatic heterocycles. The third-order valence-corrected chi connectivity index (χ3v) is 2.95. The molecule has 0 aromatic carbocycles. The van der Waals surface area contributed by atoms with E-state index in [0.29, 0.717) is 12.8 Å². The maximum Gasteiger partial charge on any atom is 0.330 e. The zero-order chi connectivity index (χ0) is 13.3. The second kappa shape index (κ2) is 9.44. The van der Waals surface area contributed by atoms with Gasteiger partial charge in [-0.25, -0.2) is 9.59 Å². The van der Waals surface area contributed by atoms with Gasteiger partial charge in [0.2, 0.25) is 0 Å².